The maximum absolute atomic E-state index is 12.3. The van der Waals surface area contributed by atoms with Crippen LogP contribution in [0.25, 0.3) is 0 Å². The minimum atomic E-state index is 0.0807. The van der Waals surface area contributed by atoms with Crippen molar-refractivity contribution in [3.05, 3.63) is 21.9 Å². The first-order chi connectivity index (χ1) is 9.61. The van der Waals surface area contributed by atoms with Gasteiger partial charge in [-0.2, -0.15) is 0 Å². The van der Waals surface area contributed by atoms with Gasteiger partial charge in [-0.1, -0.05) is 0 Å². The highest BCUT2D eigenvalue weighted by atomic mass is 32.1. The summed E-state index contributed by atoms with van der Waals surface area (Å²) < 4.78 is 0. The van der Waals surface area contributed by atoms with E-state index in [1.54, 1.807) is 0 Å². The number of piperazine rings is 1. The molecule has 20 heavy (non-hydrogen) atoms. The van der Waals surface area contributed by atoms with Crippen LogP contribution in [-0.4, -0.2) is 54.3 Å². The molecule has 0 bridgehead atoms. The van der Waals surface area contributed by atoms with Gasteiger partial charge in [-0.3, -0.25) is 9.59 Å². The van der Waals surface area contributed by atoms with Crippen molar-refractivity contribution in [2.45, 2.75) is 19.8 Å². The molecule has 0 spiro atoms. The molecule has 1 aliphatic heterocycles. The zero-order valence-corrected chi connectivity index (χ0v) is 12.6. The van der Waals surface area contributed by atoms with Crippen molar-refractivity contribution < 1.29 is 9.59 Å². The Kier molecular flexibility index (Phi) is 5.14. The molecule has 2 heterocycles. The monoisotopic (exact) mass is 295 g/mol. The summed E-state index contributed by atoms with van der Waals surface area (Å²) in [5.74, 6) is 0.228. The number of carbonyl (C=O) groups excluding carboxylic acids is 2. The van der Waals surface area contributed by atoms with Gasteiger partial charge >= 0.3 is 0 Å². The van der Waals surface area contributed by atoms with E-state index < -0.39 is 0 Å². The van der Waals surface area contributed by atoms with Crippen LogP contribution in [0.5, 0.6) is 0 Å². The summed E-state index contributed by atoms with van der Waals surface area (Å²) in [5, 5.41) is 0. The zero-order valence-electron chi connectivity index (χ0n) is 11.8. The Morgan fingerprint density at radius 2 is 1.85 bits per heavy atom. The van der Waals surface area contributed by atoms with Crippen molar-refractivity contribution in [1.82, 2.24) is 9.80 Å². The lowest BCUT2D eigenvalue weighted by molar-refractivity contribution is -0.132. The van der Waals surface area contributed by atoms with Crippen molar-refractivity contribution in [1.29, 1.82) is 0 Å². The first-order valence-electron chi connectivity index (χ1n) is 6.95. The SMILES string of the molecule is Cc1ccc(C(=O)N2CCN(C(=O)CCCN)CC2)s1. The Labute approximate surface area is 123 Å². The number of rotatable bonds is 4. The molecule has 1 aromatic heterocycles. The van der Waals surface area contributed by atoms with Crippen LogP contribution >= 0.6 is 11.3 Å². The summed E-state index contributed by atoms with van der Waals surface area (Å²) in [5.41, 5.74) is 5.41. The predicted octanol–water partition coefficient (Wildman–Crippen LogP) is 1.08. The van der Waals surface area contributed by atoms with Crippen molar-refractivity contribution in [2.75, 3.05) is 32.7 Å². The molecule has 2 rings (SSSR count). The molecule has 1 fully saturated rings. The van der Waals surface area contributed by atoms with Crippen LogP contribution in [0.1, 0.15) is 27.4 Å². The highest BCUT2D eigenvalue weighted by molar-refractivity contribution is 7.13. The normalized spacial score (nSPS) is 15.5. The van der Waals surface area contributed by atoms with Crippen molar-refractivity contribution >= 4 is 23.2 Å². The van der Waals surface area contributed by atoms with E-state index in [0.29, 0.717) is 39.1 Å². The Hall–Kier alpha value is -1.40. The predicted molar refractivity (Wildman–Crippen MR) is 79.8 cm³/mol. The Morgan fingerprint density at radius 3 is 2.40 bits per heavy atom. The maximum Gasteiger partial charge on any atom is 0.264 e. The number of amides is 2. The lowest BCUT2D eigenvalue weighted by Gasteiger charge is -2.34. The van der Waals surface area contributed by atoms with Gasteiger partial charge in [0.1, 0.15) is 0 Å². The third-order valence-corrected chi connectivity index (χ3v) is 4.45. The van der Waals surface area contributed by atoms with E-state index in [9.17, 15) is 9.59 Å². The van der Waals surface area contributed by atoms with Crippen LogP contribution in [0.2, 0.25) is 0 Å². The fraction of sp³-hybridized carbons (Fsp3) is 0.571. The summed E-state index contributed by atoms with van der Waals surface area (Å²) in [7, 11) is 0. The van der Waals surface area contributed by atoms with E-state index in [-0.39, 0.29) is 11.8 Å². The zero-order chi connectivity index (χ0) is 14.5. The first kappa shape index (κ1) is 15.0. The highest BCUT2D eigenvalue weighted by Crippen LogP contribution is 2.18. The van der Waals surface area contributed by atoms with Gasteiger partial charge in [-0.05, 0) is 32.0 Å². The van der Waals surface area contributed by atoms with E-state index in [4.69, 9.17) is 5.73 Å². The van der Waals surface area contributed by atoms with E-state index in [1.165, 1.54) is 11.3 Å². The van der Waals surface area contributed by atoms with Gasteiger partial charge in [-0.15, -0.1) is 11.3 Å². The third kappa shape index (κ3) is 3.58. The standard InChI is InChI=1S/C14H21N3O2S/c1-11-4-5-12(20-11)14(19)17-9-7-16(8-10-17)13(18)3-2-6-15/h4-5H,2-3,6-10,15H2,1H3. The van der Waals surface area contributed by atoms with Gasteiger partial charge < -0.3 is 15.5 Å². The number of nitrogens with two attached hydrogens (primary N) is 1. The lowest BCUT2D eigenvalue weighted by Crippen LogP contribution is -2.50. The van der Waals surface area contributed by atoms with E-state index in [1.807, 2.05) is 28.9 Å². The van der Waals surface area contributed by atoms with Gasteiger partial charge in [0.25, 0.3) is 5.91 Å². The Morgan fingerprint density at radius 1 is 1.20 bits per heavy atom. The molecule has 0 radical (unpaired) electrons. The minimum absolute atomic E-state index is 0.0807. The molecule has 0 aliphatic carbocycles. The largest absolute Gasteiger partial charge is 0.339 e. The summed E-state index contributed by atoms with van der Waals surface area (Å²) in [6.45, 7) is 5.02. The summed E-state index contributed by atoms with van der Waals surface area (Å²) >= 11 is 1.52. The molecule has 0 atom stereocenters. The van der Waals surface area contributed by atoms with Crippen molar-refractivity contribution in [2.24, 2.45) is 5.73 Å². The first-order valence-corrected chi connectivity index (χ1v) is 7.77. The summed E-state index contributed by atoms with van der Waals surface area (Å²) in [6.07, 6.45) is 1.24. The summed E-state index contributed by atoms with van der Waals surface area (Å²) in [6, 6.07) is 3.84. The molecule has 1 aliphatic rings. The number of hydrogen-bond donors (Lipinski definition) is 1. The number of carbonyl (C=O) groups is 2. The molecular formula is C14H21N3O2S. The fourth-order valence-electron chi connectivity index (χ4n) is 2.28. The smallest absolute Gasteiger partial charge is 0.264 e. The maximum atomic E-state index is 12.3. The average molecular weight is 295 g/mol. The van der Waals surface area contributed by atoms with Gasteiger partial charge in [0.2, 0.25) is 5.91 Å². The molecule has 0 unspecified atom stereocenters. The van der Waals surface area contributed by atoms with Crippen molar-refractivity contribution in [3.8, 4) is 0 Å². The van der Waals surface area contributed by atoms with Crippen LogP contribution in [0.15, 0.2) is 12.1 Å². The number of nitrogens with zero attached hydrogens (tertiary/aromatic N) is 2. The van der Waals surface area contributed by atoms with Gasteiger partial charge in [0.05, 0.1) is 4.88 Å². The number of thiophene rings is 1. The van der Waals surface area contributed by atoms with Crippen LogP contribution in [-0.2, 0) is 4.79 Å². The van der Waals surface area contributed by atoms with Crippen molar-refractivity contribution in [3.63, 3.8) is 0 Å². The second-order valence-electron chi connectivity index (χ2n) is 4.98. The molecular weight excluding hydrogens is 274 g/mol. The number of aryl methyl sites for hydroxylation is 1. The van der Waals surface area contributed by atoms with Gasteiger partial charge in [-0.25, -0.2) is 0 Å². The van der Waals surface area contributed by atoms with Gasteiger partial charge in [0, 0.05) is 37.5 Å². The quantitative estimate of drug-likeness (QED) is 0.904. The third-order valence-electron chi connectivity index (χ3n) is 3.47. The molecule has 0 aromatic carbocycles. The van der Waals surface area contributed by atoms with Crippen LogP contribution in [0, 0.1) is 6.92 Å². The topological polar surface area (TPSA) is 66.6 Å². The highest BCUT2D eigenvalue weighted by Gasteiger charge is 2.25. The van der Waals surface area contributed by atoms with Crippen LogP contribution in [0.4, 0.5) is 0 Å². The fourth-order valence-corrected chi connectivity index (χ4v) is 3.11. The second-order valence-corrected chi connectivity index (χ2v) is 6.26. The average Bonchev–Trinajstić information content (AvgIpc) is 2.90. The number of hydrogen-bond acceptors (Lipinski definition) is 4. The molecule has 5 nitrogen and oxygen atoms in total. The van der Waals surface area contributed by atoms with Crippen LogP contribution in [0.3, 0.4) is 0 Å². The molecule has 0 saturated carbocycles. The molecule has 1 aromatic rings. The van der Waals surface area contributed by atoms with E-state index in [2.05, 4.69) is 0 Å². The minimum Gasteiger partial charge on any atom is -0.339 e. The molecule has 1 saturated heterocycles. The molecule has 6 heteroatoms. The van der Waals surface area contributed by atoms with E-state index in [0.717, 1.165) is 16.2 Å². The lowest BCUT2D eigenvalue weighted by atomic mass is 10.2. The summed E-state index contributed by atoms with van der Waals surface area (Å²) in [4.78, 5) is 29.7. The molecule has 2 N–H and O–H groups in total. The second kappa shape index (κ2) is 6.85. The molecule has 2 amide bonds. The van der Waals surface area contributed by atoms with Crippen LogP contribution < -0.4 is 5.73 Å². The Bertz CT molecular complexity index is 479. The van der Waals surface area contributed by atoms with E-state index >= 15 is 0 Å². The molecule has 110 valence electrons. The Balaban J connectivity index is 1.85. The van der Waals surface area contributed by atoms with Gasteiger partial charge in [0.15, 0.2) is 0 Å².